The van der Waals surface area contributed by atoms with Gasteiger partial charge in [0.1, 0.15) is 0 Å². The average molecular weight is 394 g/mol. The minimum Gasteiger partial charge on any atom is -0.387 e. The number of aryl methyl sites for hydroxylation is 1. The van der Waals surface area contributed by atoms with Crippen LogP contribution < -0.4 is 5.32 Å². The van der Waals surface area contributed by atoms with Gasteiger partial charge in [0, 0.05) is 50.9 Å². The largest absolute Gasteiger partial charge is 0.387 e. The number of nitrogens with one attached hydrogen (secondary N) is 1. The third-order valence-corrected chi connectivity index (χ3v) is 6.36. The number of aliphatic hydroxyl groups is 1. The molecule has 29 heavy (non-hydrogen) atoms. The van der Waals surface area contributed by atoms with Crippen LogP contribution in [0.15, 0.2) is 48.5 Å². The van der Waals surface area contributed by atoms with Crippen LogP contribution in [0.5, 0.6) is 0 Å². The zero-order valence-corrected chi connectivity index (χ0v) is 17.2. The van der Waals surface area contributed by atoms with Crippen LogP contribution in [0.2, 0.25) is 0 Å². The second kappa shape index (κ2) is 9.08. The SMILES string of the molecule is C[C@H]([C@H](O)c1ccccc1)N1CCN(CCc2ccc3c(c2)CCC(=O)N3)CC1. The molecule has 2 aliphatic heterocycles. The Hall–Kier alpha value is -2.21. The van der Waals surface area contributed by atoms with E-state index in [1.807, 2.05) is 36.4 Å². The number of carbonyl (C=O) groups excluding carboxylic acids is 1. The van der Waals surface area contributed by atoms with Gasteiger partial charge in [0.15, 0.2) is 0 Å². The van der Waals surface area contributed by atoms with Crippen molar-refractivity contribution in [2.75, 3.05) is 38.0 Å². The Bertz CT molecular complexity index is 831. The molecule has 1 saturated heterocycles. The first kappa shape index (κ1) is 20.1. The van der Waals surface area contributed by atoms with E-state index in [1.54, 1.807) is 0 Å². The number of fused-ring (bicyclic) bond motifs is 1. The summed E-state index contributed by atoms with van der Waals surface area (Å²) < 4.78 is 0. The number of nitrogens with zero attached hydrogens (tertiary/aromatic N) is 2. The summed E-state index contributed by atoms with van der Waals surface area (Å²) in [6, 6.07) is 16.5. The van der Waals surface area contributed by atoms with E-state index in [9.17, 15) is 9.90 Å². The number of benzene rings is 2. The molecule has 0 aromatic heterocycles. The molecular formula is C24H31N3O2. The normalized spacial score (nSPS) is 20.0. The molecule has 1 fully saturated rings. The van der Waals surface area contributed by atoms with Gasteiger partial charge in [-0.25, -0.2) is 0 Å². The number of carbonyl (C=O) groups is 1. The first-order valence-corrected chi connectivity index (χ1v) is 10.7. The Morgan fingerprint density at radius 1 is 1.03 bits per heavy atom. The summed E-state index contributed by atoms with van der Waals surface area (Å²) in [5.41, 5.74) is 4.57. The lowest BCUT2D eigenvalue weighted by atomic mass is 9.99. The first-order valence-electron chi connectivity index (χ1n) is 10.7. The minimum atomic E-state index is -0.446. The monoisotopic (exact) mass is 393 g/mol. The van der Waals surface area contributed by atoms with Gasteiger partial charge in [-0.3, -0.25) is 9.69 Å². The lowest BCUT2D eigenvalue weighted by Crippen LogP contribution is -2.51. The van der Waals surface area contributed by atoms with Crippen molar-refractivity contribution in [2.45, 2.75) is 38.3 Å². The van der Waals surface area contributed by atoms with Crippen molar-refractivity contribution in [3.8, 4) is 0 Å². The molecule has 0 spiro atoms. The molecule has 4 rings (SSSR count). The van der Waals surface area contributed by atoms with Gasteiger partial charge in [-0.15, -0.1) is 0 Å². The first-order chi connectivity index (χ1) is 14.1. The second-order valence-electron chi connectivity index (χ2n) is 8.26. The summed E-state index contributed by atoms with van der Waals surface area (Å²) in [5, 5.41) is 13.6. The molecule has 154 valence electrons. The maximum absolute atomic E-state index is 11.5. The highest BCUT2D eigenvalue weighted by atomic mass is 16.3. The van der Waals surface area contributed by atoms with Gasteiger partial charge in [0.2, 0.25) is 5.91 Å². The van der Waals surface area contributed by atoms with Gasteiger partial charge >= 0.3 is 0 Å². The fourth-order valence-electron chi connectivity index (χ4n) is 4.40. The van der Waals surface area contributed by atoms with Gasteiger partial charge in [-0.1, -0.05) is 42.5 Å². The van der Waals surface area contributed by atoms with Gasteiger partial charge < -0.3 is 15.3 Å². The van der Waals surface area contributed by atoms with Gasteiger partial charge in [0.25, 0.3) is 0 Å². The molecule has 2 aliphatic rings. The molecule has 2 N–H and O–H groups in total. The highest BCUT2D eigenvalue weighted by Gasteiger charge is 2.26. The lowest BCUT2D eigenvalue weighted by molar-refractivity contribution is -0.116. The van der Waals surface area contributed by atoms with Crippen LogP contribution >= 0.6 is 0 Å². The van der Waals surface area contributed by atoms with Crippen molar-refractivity contribution < 1.29 is 9.90 Å². The molecule has 2 heterocycles. The molecule has 0 radical (unpaired) electrons. The fourth-order valence-corrected chi connectivity index (χ4v) is 4.40. The van der Waals surface area contributed by atoms with E-state index < -0.39 is 6.10 Å². The second-order valence-corrected chi connectivity index (χ2v) is 8.26. The van der Waals surface area contributed by atoms with E-state index >= 15 is 0 Å². The van der Waals surface area contributed by atoms with E-state index in [4.69, 9.17) is 0 Å². The average Bonchev–Trinajstić information content (AvgIpc) is 2.77. The van der Waals surface area contributed by atoms with E-state index in [0.717, 1.165) is 56.8 Å². The summed E-state index contributed by atoms with van der Waals surface area (Å²) >= 11 is 0. The molecule has 5 heteroatoms. The maximum atomic E-state index is 11.5. The summed E-state index contributed by atoms with van der Waals surface area (Å²) in [6.07, 6.45) is 2.02. The van der Waals surface area contributed by atoms with E-state index in [2.05, 4.69) is 34.2 Å². The predicted molar refractivity (Wildman–Crippen MR) is 116 cm³/mol. The van der Waals surface area contributed by atoms with Crippen LogP contribution in [-0.2, 0) is 17.6 Å². The minimum absolute atomic E-state index is 0.120. The number of rotatable bonds is 6. The molecule has 0 unspecified atom stereocenters. The number of hydrogen-bond donors (Lipinski definition) is 2. The van der Waals surface area contributed by atoms with Crippen LogP contribution in [0.4, 0.5) is 5.69 Å². The number of piperazine rings is 1. The fraction of sp³-hybridized carbons (Fsp3) is 0.458. The Balaban J connectivity index is 1.25. The quantitative estimate of drug-likeness (QED) is 0.792. The maximum Gasteiger partial charge on any atom is 0.224 e. The topological polar surface area (TPSA) is 55.8 Å². The number of hydrogen-bond acceptors (Lipinski definition) is 4. The van der Waals surface area contributed by atoms with Crippen molar-refractivity contribution in [1.29, 1.82) is 0 Å². The molecule has 2 atom stereocenters. The predicted octanol–water partition coefficient (Wildman–Crippen LogP) is 2.85. The Morgan fingerprint density at radius 3 is 2.55 bits per heavy atom. The Labute approximate surface area is 173 Å². The number of amides is 1. The summed E-state index contributed by atoms with van der Waals surface area (Å²) in [5.74, 6) is 0.120. The molecule has 5 nitrogen and oxygen atoms in total. The van der Waals surface area contributed by atoms with Crippen molar-refractivity contribution in [1.82, 2.24) is 9.80 Å². The van der Waals surface area contributed by atoms with Crippen molar-refractivity contribution in [3.63, 3.8) is 0 Å². The van der Waals surface area contributed by atoms with E-state index in [0.29, 0.717) is 6.42 Å². The summed E-state index contributed by atoms with van der Waals surface area (Å²) in [4.78, 5) is 16.4. The molecule has 1 amide bonds. The molecule has 0 bridgehead atoms. The third-order valence-electron chi connectivity index (χ3n) is 6.36. The summed E-state index contributed by atoms with van der Waals surface area (Å²) in [6.45, 7) is 7.22. The molecule has 2 aromatic rings. The van der Waals surface area contributed by atoms with Crippen LogP contribution in [0.25, 0.3) is 0 Å². The van der Waals surface area contributed by atoms with Crippen LogP contribution in [0.1, 0.15) is 36.1 Å². The highest BCUT2D eigenvalue weighted by Crippen LogP contribution is 2.24. The van der Waals surface area contributed by atoms with Crippen molar-refractivity contribution in [3.05, 3.63) is 65.2 Å². The molecule has 0 saturated carbocycles. The Kier molecular flexibility index (Phi) is 6.28. The smallest absolute Gasteiger partial charge is 0.224 e. The molecule has 2 aromatic carbocycles. The van der Waals surface area contributed by atoms with E-state index in [1.165, 1.54) is 11.1 Å². The van der Waals surface area contributed by atoms with Crippen LogP contribution in [0, 0.1) is 0 Å². The zero-order chi connectivity index (χ0) is 20.2. The van der Waals surface area contributed by atoms with Gasteiger partial charge in [-0.2, -0.15) is 0 Å². The van der Waals surface area contributed by atoms with Crippen LogP contribution in [0.3, 0.4) is 0 Å². The number of anilines is 1. The standard InChI is InChI=1S/C24H31N3O2/c1-18(24(29)20-5-3-2-4-6-20)27-15-13-26(14-16-27)12-11-19-7-9-22-21(17-19)8-10-23(28)25-22/h2-7,9,17-18,24,29H,8,10-16H2,1H3,(H,25,28)/t18-,24+/m1/s1. The van der Waals surface area contributed by atoms with Crippen LogP contribution in [-0.4, -0.2) is 59.6 Å². The van der Waals surface area contributed by atoms with E-state index in [-0.39, 0.29) is 11.9 Å². The highest BCUT2D eigenvalue weighted by molar-refractivity contribution is 5.93. The van der Waals surface area contributed by atoms with Gasteiger partial charge in [0.05, 0.1) is 6.10 Å². The Morgan fingerprint density at radius 2 is 1.79 bits per heavy atom. The molecule has 0 aliphatic carbocycles. The van der Waals surface area contributed by atoms with Crippen molar-refractivity contribution >= 4 is 11.6 Å². The lowest BCUT2D eigenvalue weighted by Gasteiger charge is -2.39. The summed E-state index contributed by atoms with van der Waals surface area (Å²) in [7, 11) is 0. The molecular weight excluding hydrogens is 362 g/mol. The van der Waals surface area contributed by atoms with Gasteiger partial charge in [-0.05, 0) is 42.5 Å². The third kappa shape index (κ3) is 4.86. The zero-order valence-electron chi connectivity index (χ0n) is 17.2. The van der Waals surface area contributed by atoms with Crippen molar-refractivity contribution in [2.24, 2.45) is 0 Å². The number of aliphatic hydroxyl groups excluding tert-OH is 1.